The van der Waals surface area contributed by atoms with Crippen LogP contribution in [0.5, 0.6) is 0 Å². The molecule has 1 aliphatic heterocycles. The molecule has 0 aromatic heterocycles. The van der Waals surface area contributed by atoms with Gasteiger partial charge in [0, 0.05) is 11.4 Å². The minimum Gasteiger partial charge on any atom is -0.352 e. The third kappa shape index (κ3) is 5.18. The van der Waals surface area contributed by atoms with Gasteiger partial charge in [-0.1, -0.05) is 18.5 Å². The molecule has 3 nitrogen and oxygen atoms in total. The summed E-state index contributed by atoms with van der Waals surface area (Å²) in [6, 6.07) is 5.58. The first-order valence-electron chi connectivity index (χ1n) is 7.94. The lowest BCUT2D eigenvalue weighted by atomic mass is 9.99. The molecule has 0 aliphatic carbocycles. The van der Waals surface area contributed by atoms with Crippen LogP contribution in [0.2, 0.25) is 5.02 Å². The molecular formula is C17H25ClN2OS. The summed E-state index contributed by atoms with van der Waals surface area (Å²) in [5.74, 6) is 0.787. The number of hydrogen-bond donors (Lipinski definition) is 1. The molecule has 0 bridgehead atoms. The number of carbonyl (C=O) groups excluding carboxylic acids is 1. The van der Waals surface area contributed by atoms with E-state index in [4.69, 9.17) is 11.6 Å². The molecule has 1 amide bonds. The number of thioether (sulfide) groups is 1. The van der Waals surface area contributed by atoms with Crippen molar-refractivity contribution in [1.82, 2.24) is 10.2 Å². The number of nitrogens with one attached hydrogen (secondary N) is 1. The van der Waals surface area contributed by atoms with Gasteiger partial charge in [-0.2, -0.15) is 0 Å². The first-order chi connectivity index (χ1) is 10.6. The van der Waals surface area contributed by atoms with E-state index < -0.39 is 0 Å². The van der Waals surface area contributed by atoms with Gasteiger partial charge in [0.2, 0.25) is 0 Å². The van der Waals surface area contributed by atoms with Crippen molar-refractivity contribution < 1.29 is 4.79 Å². The first-order valence-corrected chi connectivity index (χ1v) is 9.54. The second-order valence-corrected chi connectivity index (χ2v) is 7.27. The molecule has 1 aliphatic rings. The summed E-state index contributed by atoms with van der Waals surface area (Å²) in [6.45, 7) is 6.47. The van der Waals surface area contributed by atoms with E-state index in [9.17, 15) is 4.79 Å². The molecule has 1 fully saturated rings. The number of rotatable bonds is 6. The van der Waals surface area contributed by atoms with Crippen LogP contribution in [0.1, 0.15) is 36.5 Å². The van der Waals surface area contributed by atoms with Crippen molar-refractivity contribution in [1.29, 1.82) is 0 Å². The Labute approximate surface area is 142 Å². The average Bonchev–Trinajstić information content (AvgIpc) is 2.53. The van der Waals surface area contributed by atoms with Crippen molar-refractivity contribution in [3.05, 3.63) is 28.8 Å². The van der Waals surface area contributed by atoms with Crippen LogP contribution in [0.4, 0.5) is 0 Å². The van der Waals surface area contributed by atoms with Gasteiger partial charge < -0.3 is 10.2 Å². The normalized spacial score (nSPS) is 16.7. The first kappa shape index (κ1) is 17.6. The maximum Gasteiger partial charge on any atom is 0.252 e. The lowest BCUT2D eigenvalue weighted by molar-refractivity contribution is 0.0950. The lowest BCUT2D eigenvalue weighted by Gasteiger charge is -2.30. The van der Waals surface area contributed by atoms with Crippen molar-refractivity contribution in [2.75, 3.05) is 32.4 Å². The number of likely N-dealkylation sites (tertiary alicyclic amines) is 1. The number of benzene rings is 1. The zero-order valence-electron chi connectivity index (χ0n) is 13.4. The maximum absolute atomic E-state index is 12.2. The number of halogens is 1. The minimum atomic E-state index is -0.0758. The zero-order valence-corrected chi connectivity index (χ0v) is 15.0. The van der Waals surface area contributed by atoms with Crippen LogP contribution >= 0.6 is 23.4 Å². The van der Waals surface area contributed by atoms with E-state index in [1.54, 1.807) is 17.8 Å². The van der Waals surface area contributed by atoms with Crippen LogP contribution in [-0.4, -0.2) is 43.2 Å². The van der Waals surface area contributed by atoms with E-state index in [0.29, 0.717) is 17.1 Å². The molecule has 22 heavy (non-hydrogen) atoms. The van der Waals surface area contributed by atoms with E-state index in [2.05, 4.69) is 17.1 Å². The molecule has 1 aromatic rings. The van der Waals surface area contributed by atoms with Crippen LogP contribution < -0.4 is 5.32 Å². The van der Waals surface area contributed by atoms with Gasteiger partial charge in [-0.3, -0.25) is 4.79 Å². The number of nitrogens with zero attached hydrogens (tertiary/aromatic N) is 1. The van der Waals surface area contributed by atoms with Crippen LogP contribution in [0.25, 0.3) is 0 Å². The smallest absolute Gasteiger partial charge is 0.252 e. The molecule has 2 rings (SSSR count). The van der Waals surface area contributed by atoms with Gasteiger partial charge >= 0.3 is 0 Å². The molecule has 122 valence electrons. The predicted octanol–water partition coefficient (Wildman–Crippen LogP) is 3.91. The molecule has 1 saturated heterocycles. The molecule has 1 aromatic carbocycles. The highest BCUT2D eigenvalue weighted by molar-refractivity contribution is 7.98. The van der Waals surface area contributed by atoms with Crippen molar-refractivity contribution in [2.45, 2.75) is 31.1 Å². The fourth-order valence-electron chi connectivity index (χ4n) is 2.69. The van der Waals surface area contributed by atoms with E-state index >= 15 is 0 Å². The second-order valence-electron chi connectivity index (χ2n) is 5.98. The standard InChI is InChI=1S/C17H25ClN2OS/c1-13-6-10-20(11-7-13)9-3-8-19-17(21)15-12-14(22-2)4-5-16(15)18/h4-5,12-13H,3,6-11H2,1-2H3,(H,19,21). The summed E-state index contributed by atoms with van der Waals surface area (Å²) in [5.41, 5.74) is 0.570. The molecule has 0 spiro atoms. The number of amides is 1. The quantitative estimate of drug-likeness (QED) is 0.629. The van der Waals surface area contributed by atoms with Gasteiger partial charge in [-0.15, -0.1) is 11.8 Å². The third-order valence-corrected chi connectivity index (χ3v) is 5.29. The van der Waals surface area contributed by atoms with Crippen LogP contribution in [0, 0.1) is 5.92 Å². The van der Waals surface area contributed by atoms with Crippen molar-refractivity contribution in [2.24, 2.45) is 5.92 Å². The summed E-state index contributed by atoms with van der Waals surface area (Å²) in [4.78, 5) is 15.8. The Hall–Kier alpha value is -0.710. The predicted molar refractivity (Wildman–Crippen MR) is 95.0 cm³/mol. The summed E-state index contributed by atoms with van der Waals surface area (Å²) in [7, 11) is 0. The number of hydrogen-bond acceptors (Lipinski definition) is 3. The van der Waals surface area contributed by atoms with Crippen molar-refractivity contribution in [3.8, 4) is 0 Å². The third-order valence-electron chi connectivity index (χ3n) is 4.23. The van der Waals surface area contributed by atoms with Crippen LogP contribution in [0.15, 0.2) is 23.1 Å². The summed E-state index contributed by atoms with van der Waals surface area (Å²) in [5, 5.41) is 3.49. The van der Waals surface area contributed by atoms with Crippen LogP contribution in [-0.2, 0) is 0 Å². The fraction of sp³-hybridized carbons (Fsp3) is 0.588. The highest BCUT2D eigenvalue weighted by Crippen LogP contribution is 2.23. The minimum absolute atomic E-state index is 0.0758. The summed E-state index contributed by atoms with van der Waals surface area (Å²) >= 11 is 7.73. The summed E-state index contributed by atoms with van der Waals surface area (Å²) in [6.07, 6.45) is 5.57. The Morgan fingerprint density at radius 3 is 2.82 bits per heavy atom. The lowest BCUT2D eigenvalue weighted by Crippen LogP contribution is -2.35. The molecule has 1 N–H and O–H groups in total. The van der Waals surface area contributed by atoms with Gasteiger partial charge in [-0.05, 0) is 69.3 Å². The molecule has 0 unspecified atom stereocenters. The highest BCUT2D eigenvalue weighted by Gasteiger charge is 2.15. The largest absolute Gasteiger partial charge is 0.352 e. The Kier molecular flexibility index (Phi) is 7.06. The van der Waals surface area contributed by atoms with E-state index in [-0.39, 0.29) is 5.91 Å². The van der Waals surface area contributed by atoms with Crippen LogP contribution in [0.3, 0.4) is 0 Å². The zero-order chi connectivity index (χ0) is 15.9. The Bertz CT molecular complexity index is 501. The molecule has 1 heterocycles. The maximum atomic E-state index is 12.2. The summed E-state index contributed by atoms with van der Waals surface area (Å²) < 4.78 is 0. The molecular weight excluding hydrogens is 316 g/mol. The Morgan fingerprint density at radius 1 is 1.41 bits per heavy atom. The van der Waals surface area contributed by atoms with E-state index in [0.717, 1.165) is 23.8 Å². The van der Waals surface area contributed by atoms with E-state index in [1.807, 2.05) is 18.4 Å². The van der Waals surface area contributed by atoms with Gasteiger partial charge in [0.05, 0.1) is 10.6 Å². The van der Waals surface area contributed by atoms with Crippen molar-refractivity contribution >= 4 is 29.3 Å². The highest BCUT2D eigenvalue weighted by atomic mass is 35.5. The van der Waals surface area contributed by atoms with Crippen molar-refractivity contribution in [3.63, 3.8) is 0 Å². The topological polar surface area (TPSA) is 32.3 Å². The molecule has 5 heteroatoms. The molecule has 0 saturated carbocycles. The van der Waals surface area contributed by atoms with E-state index in [1.165, 1.54) is 25.9 Å². The van der Waals surface area contributed by atoms with Gasteiger partial charge in [0.25, 0.3) is 5.91 Å². The average molecular weight is 341 g/mol. The van der Waals surface area contributed by atoms with Gasteiger partial charge in [-0.25, -0.2) is 0 Å². The van der Waals surface area contributed by atoms with Gasteiger partial charge in [0.15, 0.2) is 0 Å². The SMILES string of the molecule is CSc1ccc(Cl)c(C(=O)NCCCN2CCC(C)CC2)c1. The number of carbonyl (C=O) groups is 1. The fourth-order valence-corrected chi connectivity index (χ4v) is 3.33. The second kappa shape index (κ2) is 8.80. The monoisotopic (exact) mass is 340 g/mol. The molecule has 0 atom stereocenters. The molecule has 0 radical (unpaired) electrons. The van der Waals surface area contributed by atoms with Gasteiger partial charge in [0.1, 0.15) is 0 Å². The Balaban J connectivity index is 1.74. The number of piperidine rings is 1. The Morgan fingerprint density at radius 2 is 2.14 bits per heavy atom.